The molecule has 4 heteroatoms. The molecule has 3 aromatic carbocycles. The topological polar surface area (TPSA) is 46.5 Å². The third kappa shape index (κ3) is 3.64. The molecule has 0 fully saturated rings. The van der Waals surface area contributed by atoms with Crippen molar-refractivity contribution >= 4 is 29.8 Å². The minimum Gasteiger partial charge on any atom is -0.507 e. The number of ether oxygens (including phenoxy) is 1. The van der Waals surface area contributed by atoms with E-state index in [1.807, 2.05) is 36.4 Å². The van der Waals surface area contributed by atoms with Crippen LogP contribution in [0.15, 0.2) is 78.9 Å². The van der Waals surface area contributed by atoms with Gasteiger partial charge in [-0.05, 0) is 36.7 Å². The molecule has 3 aromatic rings. The van der Waals surface area contributed by atoms with Crippen molar-refractivity contribution in [2.75, 3.05) is 0 Å². The number of carbonyl (C=O) groups excluding carboxylic acids is 1. The molecule has 24 heavy (non-hydrogen) atoms. The van der Waals surface area contributed by atoms with Crippen LogP contribution in [0.3, 0.4) is 0 Å². The van der Waals surface area contributed by atoms with E-state index in [1.165, 1.54) is 6.92 Å². The van der Waals surface area contributed by atoms with Crippen LogP contribution in [0.4, 0.5) is 0 Å². The lowest BCUT2D eigenvalue weighted by Crippen LogP contribution is -2.21. The van der Waals surface area contributed by atoms with Gasteiger partial charge in [-0.15, -0.1) is 0 Å². The molecule has 0 radical (unpaired) electrons. The Morgan fingerprint density at radius 3 is 1.92 bits per heavy atom. The Hall–Kier alpha value is -2.64. The van der Waals surface area contributed by atoms with E-state index in [9.17, 15) is 9.90 Å². The summed E-state index contributed by atoms with van der Waals surface area (Å²) < 4.78 is 5.19. The van der Waals surface area contributed by atoms with Gasteiger partial charge in [-0.25, -0.2) is 0 Å². The van der Waals surface area contributed by atoms with Crippen molar-refractivity contribution in [3.8, 4) is 11.5 Å². The van der Waals surface area contributed by atoms with Crippen LogP contribution in [0.2, 0.25) is 0 Å². The van der Waals surface area contributed by atoms with Crippen molar-refractivity contribution in [1.82, 2.24) is 0 Å². The molecule has 0 spiro atoms. The van der Waals surface area contributed by atoms with Crippen LogP contribution in [0.5, 0.6) is 11.5 Å². The molecule has 0 aliphatic carbocycles. The van der Waals surface area contributed by atoms with E-state index < -0.39 is 7.92 Å². The van der Waals surface area contributed by atoms with Crippen LogP contribution in [0.25, 0.3) is 0 Å². The molecular formula is C20H17O3P. The third-order valence-corrected chi connectivity index (χ3v) is 5.95. The standard InChI is InChI=1S/C20H17O3P/c1-15(21)23-16-12-13-19(22)20(14-16)24(17-8-4-2-5-9-17)18-10-6-3-7-11-18/h2-14,22H,1H3. The number of rotatable bonds is 4. The number of benzene rings is 3. The Labute approximate surface area is 142 Å². The summed E-state index contributed by atoms with van der Waals surface area (Å²) in [5, 5.41) is 13.4. The van der Waals surface area contributed by atoms with Crippen LogP contribution in [-0.2, 0) is 4.79 Å². The first-order chi connectivity index (χ1) is 11.6. The maximum atomic E-state index is 11.2. The maximum Gasteiger partial charge on any atom is 0.308 e. The van der Waals surface area contributed by atoms with Crippen LogP contribution < -0.4 is 20.7 Å². The van der Waals surface area contributed by atoms with Gasteiger partial charge in [0.25, 0.3) is 0 Å². The Kier molecular flexibility index (Phi) is 4.93. The summed E-state index contributed by atoms with van der Waals surface area (Å²) in [6.07, 6.45) is 0. The van der Waals surface area contributed by atoms with E-state index in [1.54, 1.807) is 18.2 Å². The molecule has 3 nitrogen and oxygen atoms in total. The molecule has 0 amide bonds. The summed E-state index contributed by atoms with van der Waals surface area (Å²) in [7, 11) is -0.949. The lowest BCUT2D eigenvalue weighted by atomic mass is 10.3. The van der Waals surface area contributed by atoms with Gasteiger partial charge in [-0.2, -0.15) is 0 Å². The molecule has 0 aliphatic heterocycles. The fourth-order valence-corrected chi connectivity index (χ4v) is 4.85. The number of esters is 1. The summed E-state index contributed by atoms with van der Waals surface area (Å²) in [5.41, 5.74) is 0. The highest BCUT2D eigenvalue weighted by Gasteiger charge is 2.20. The molecule has 0 unspecified atom stereocenters. The van der Waals surface area contributed by atoms with Crippen molar-refractivity contribution in [3.63, 3.8) is 0 Å². The largest absolute Gasteiger partial charge is 0.507 e. The normalized spacial score (nSPS) is 10.6. The Balaban J connectivity index is 2.14. The first-order valence-corrected chi connectivity index (χ1v) is 8.91. The van der Waals surface area contributed by atoms with Gasteiger partial charge in [0.1, 0.15) is 11.5 Å². The number of carbonyl (C=O) groups is 1. The predicted molar refractivity (Wildman–Crippen MR) is 98.1 cm³/mol. The molecule has 120 valence electrons. The Morgan fingerprint density at radius 1 is 0.875 bits per heavy atom. The zero-order valence-electron chi connectivity index (χ0n) is 13.2. The number of hydrogen-bond acceptors (Lipinski definition) is 3. The zero-order valence-corrected chi connectivity index (χ0v) is 14.1. The fourth-order valence-electron chi connectivity index (χ4n) is 2.49. The van der Waals surface area contributed by atoms with Gasteiger partial charge in [0.2, 0.25) is 0 Å². The van der Waals surface area contributed by atoms with Crippen molar-refractivity contribution in [2.45, 2.75) is 6.92 Å². The van der Waals surface area contributed by atoms with E-state index >= 15 is 0 Å². The SMILES string of the molecule is CC(=O)Oc1ccc(O)c(P(c2ccccc2)c2ccccc2)c1. The molecule has 0 heterocycles. The van der Waals surface area contributed by atoms with E-state index in [0.29, 0.717) is 5.75 Å². The van der Waals surface area contributed by atoms with Gasteiger partial charge in [0.15, 0.2) is 0 Å². The Bertz CT molecular complexity index is 793. The maximum absolute atomic E-state index is 11.2. The number of phenols is 1. The van der Waals surface area contributed by atoms with Crippen molar-refractivity contribution in [2.24, 2.45) is 0 Å². The second-order valence-electron chi connectivity index (χ2n) is 5.25. The fraction of sp³-hybridized carbons (Fsp3) is 0.0500. The van der Waals surface area contributed by atoms with E-state index in [-0.39, 0.29) is 11.7 Å². The second-order valence-corrected chi connectivity index (χ2v) is 7.44. The summed E-state index contributed by atoms with van der Waals surface area (Å²) in [6, 6.07) is 25.0. The van der Waals surface area contributed by atoms with E-state index in [2.05, 4.69) is 24.3 Å². The first kappa shape index (κ1) is 16.2. The molecule has 0 saturated heterocycles. The quantitative estimate of drug-likeness (QED) is 0.452. The smallest absolute Gasteiger partial charge is 0.308 e. The molecule has 0 aromatic heterocycles. The lowest BCUT2D eigenvalue weighted by molar-refractivity contribution is -0.131. The monoisotopic (exact) mass is 336 g/mol. The summed E-state index contributed by atoms with van der Waals surface area (Å²) in [5.74, 6) is 0.259. The van der Waals surface area contributed by atoms with Crippen LogP contribution in [0.1, 0.15) is 6.92 Å². The van der Waals surface area contributed by atoms with Crippen molar-refractivity contribution in [3.05, 3.63) is 78.9 Å². The van der Waals surface area contributed by atoms with Crippen LogP contribution >= 0.6 is 7.92 Å². The van der Waals surface area contributed by atoms with Gasteiger partial charge in [-0.1, -0.05) is 60.7 Å². The van der Waals surface area contributed by atoms with Gasteiger partial charge in [0, 0.05) is 12.2 Å². The molecule has 0 atom stereocenters. The predicted octanol–water partition coefficient (Wildman–Crippen LogP) is 3.08. The third-order valence-electron chi connectivity index (χ3n) is 3.48. The number of aromatic hydroxyl groups is 1. The van der Waals surface area contributed by atoms with Gasteiger partial charge in [-0.3, -0.25) is 4.79 Å². The summed E-state index contributed by atoms with van der Waals surface area (Å²) in [6.45, 7) is 1.36. The molecule has 1 N–H and O–H groups in total. The zero-order chi connectivity index (χ0) is 16.9. The van der Waals surface area contributed by atoms with Crippen molar-refractivity contribution < 1.29 is 14.6 Å². The average molecular weight is 336 g/mol. The van der Waals surface area contributed by atoms with Crippen LogP contribution in [0, 0.1) is 0 Å². The van der Waals surface area contributed by atoms with Crippen molar-refractivity contribution in [1.29, 1.82) is 0 Å². The minimum absolute atomic E-state index is 0.199. The van der Waals surface area contributed by atoms with Gasteiger partial charge >= 0.3 is 5.97 Å². The minimum atomic E-state index is -0.949. The van der Waals surface area contributed by atoms with Crippen LogP contribution in [-0.4, -0.2) is 11.1 Å². The van der Waals surface area contributed by atoms with E-state index in [0.717, 1.165) is 15.9 Å². The van der Waals surface area contributed by atoms with Gasteiger partial charge < -0.3 is 9.84 Å². The first-order valence-electron chi connectivity index (χ1n) is 7.57. The number of hydrogen-bond donors (Lipinski definition) is 1. The highest BCUT2D eigenvalue weighted by molar-refractivity contribution is 7.80. The summed E-state index contributed by atoms with van der Waals surface area (Å²) in [4.78, 5) is 11.2. The number of phenolic OH excluding ortho intramolecular Hbond substituents is 1. The highest BCUT2D eigenvalue weighted by atomic mass is 31.1. The highest BCUT2D eigenvalue weighted by Crippen LogP contribution is 2.37. The average Bonchev–Trinajstić information content (AvgIpc) is 2.59. The molecule has 0 saturated carbocycles. The van der Waals surface area contributed by atoms with E-state index in [4.69, 9.17) is 4.74 Å². The molecule has 3 rings (SSSR count). The molecule has 0 aliphatic rings. The van der Waals surface area contributed by atoms with Gasteiger partial charge in [0.05, 0.1) is 0 Å². The molecule has 0 bridgehead atoms. The lowest BCUT2D eigenvalue weighted by Gasteiger charge is -2.20. The Morgan fingerprint density at radius 2 is 1.42 bits per heavy atom. The molecular weight excluding hydrogens is 319 g/mol. The second kappa shape index (κ2) is 7.29. The summed E-state index contributed by atoms with van der Waals surface area (Å²) >= 11 is 0.